The average molecular weight is 205 g/mol. The monoisotopic (exact) mass is 205 g/mol. The number of carbonyl (C=O) groups excluding carboxylic acids is 1. The normalized spacial score (nSPS) is 21.4. The third-order valence-corrected chi connectivity index (χ3v) is 2.55. The number of carbonyl (C=O) groups is 1. The lowest BCUT2D eigenvalue weighted by Crippen LogP contribution is -2.44. The Bertz CT molecular complexity index is 337. The Labute approximate surface area is 89.7 Å². The first-order valence-electron chi connectivity index (χ1n) is 5.23. The SMILES string of the molecule is C[C@H]1CN(C(=O)c2ccccc2)CCO1. The molecule has 1 heterocycles. The van der Waals surface area contributed by atoms with Crippen LogP contribution in [-0.4, -0.2) is 36.6 Å². The van der Waals surface area contributed by atoms with Gasteiger partial charge in [0.25, 0.3) is 5.91 Å². The lowest BCUT2D eigenvalue weighted by Gasteiger charge is -2.31. The number of amides is 1. The Kier molecular flexibility index (Phi) is 3.02. The number of morpholine rings is 1. The summed E-state index contributed by atoms with van der Waals surface area (Å²) in [6.07, 6.45) is 0.145. The zero-order valence-corrected chi connectivity index (χ0v) is 8.85. The van der Waals surface area contributed by atoms with Gasteiger partial charge in [-0.2, -0.15) is 0 Å². The van der Waals surface area contributed by atoms with Crippen molar-refractivity contribution >= 4 is 5.91 Å². The highest BCUT2D eigenvalue weighted by molar-refractivity contribution is 5.94. The van der Waals surface area contributed by atoms with Crippen molar-refractivity contribution in [1.82, 2.24) is 4.90 Å². The summed E-state index contributed by atoms with van der Waals surface area (Å²) in [5, 5.41) is 0. The molecule has 0 saturated carbocycles. The van der Waals surface area contributed by atoms with Crippen molar-refractivity contribution in [3.8, 4) is 0 Å². The van der Waals surface area contributed by atoms with Crippen LogP contribution in [0.3, 0.4) is 0 Å². The van der Waals surface area contributed by atoms with E-state index in [2.05, 4.69) is 0 Å². The highest BCUT2D eigenvalue weighted by Gasteiger charge is 2.21. The van der Waals surface area contributed by atoms with Gasteiger partial charge in [-0.05, 0) is 19.1 Å². The Morgan fingerprint density at radius 2 is 2.13 bits per heavy atom. The molecule has 0 bridgehead atoms. The first-order valence-corrected chi connectivity index (χ1v) is 5.23. The average Bonchev–Trinajstić information content (AvgIpc) is 2.29. The predicted molar refractivity (Wildman–Crippen MR) is 57.8 cm³/mol. The van der Waals surface area contributed by atoms with E-state index in [1.54, 1.807) is 0 Å². The number of benzene rings is 1. The minimum absolute atomic E-state index is 0.103. The minimum atomic E-state index is 0.103. The summed E-state index contributed by atoms with van der Waals surface area (Å²) in [5.41, 5.74) is 0.756. The van der Waals surface area contributed by atoms with E-state index in [0.29, 0.717) is 19.7 Å². The van der Waals surface area contributed by atoms with Crippen LogP contribution in [0.2, 0.25) is 0 Å². The van der Waals surface area contributed by atoms with E-state index >= 15 is 0 Å². The number of hydrogen-bond acceptors (Lipinski definition) is 2. The topological polar surface area (TPSA) is 29.5 Å². The summed E-state index contributed by atoms with van der Waals surface area (Å²) >= 11 is 0. The van der Waals surface area contributed by atoms with Gasteiger partial charge in [-0.3, -0.25) is 4.79 Å². The van der Waals surface area contributed by atoms with Crippen LogP contribution in [0.5, 0.6) is 0 Å². The molecule has 1 fully saturated rings. The molecule has 3 heteroatoms. The molecule has 1 aromatic carbocycles. The molecule has 3 nitrogen and oxygen atoms in total. The highest BCUT2D eigenvalue weighted by Crippen LogP contribution is 2.09. The summed E-state index contributed by atoms with van der Waals surface area (Å²) in [6.45, 7) is 4.01. The molecule has 0 aliphatic carbocycles. The van der Waals surface area contributed by atoms with Crippen LogP contribution < -0.4 is 0 Å². The van der Waals surface area contributed by atoms with Crippen LogP contribution in [0.15, 0.2) is 30.3 Å². The van der Waals surface area contributed by atoms with E-state index < -0.39 is 0 Å². The van der Waals surface area contributed by atoms with Crippen molar-refractivity contribution in [2.75, 3.05) is 19.7 Å². The van der Waals surface area contributed by atoms with Crippen LogP contribution >= 0.6 is 0 Å². The molecule has 0 unspecified atom stereocenters. The van der Waals surface area contributed by atoms with Crippen molar-refractivity contribution in [1.29, 1.82) is 0 Å². The summed E-state index contributed by atoms with van der Waals surface area (Å²) in [5.74, 6) is 0.103. The zero-order chi connectivity index (χ0) is 10.7. The molecule has 1 aliphatic heterocycles. The van der Waals surface area contributed by atoms with Gasteiger partial charge in [-0.25, -0.2) is 0 Å². The van der Waals surface area contributed by atoms with E-state index in [9.17, 15) is 4.79 Å². The second-order valence-electron chi connectivity index (χ2n) is 3.80. The summed E-state index contributed by atoms with van der Waals surface area (Å²) < 4.78 is 5.40. The zero-order valence-electron chi connectivity index (χ0n) is 8.85. The molecule has 80 valence electrons. The Morgan fingerprint density at radius 3 is 2.80 bits per heavy atom. The quantitative estimate of drug-likeness (QED) is 0.696. The highest BCUT2D eigenvalue weighted by atomic mass is 16.5. The van der Waals surface area contributed by atoms with Gasteiger partial charge in [0.05, 0.1) is 12.7 Å². The maximum absolute atomic E-state index is 12.0. The predicted octanol–water partition coefficient (Wildman–Crippen LogP) is 1.55. The molecule has 0 radical (unpaired) electrons. The second-order valence-corrected chi connectivity index (χ2v) is 3.80. The first-order chi connectivity index (χ1) is 7.27. The van der Waals surface area contributed by atoms with E-state index in [-0.39, 0.29) is 12.0 Å². The fourth-order valence-electron chi connectivity index (χ4n) is 1.77. The van der Waals surface area contributed by atoms with Gasteiger partial charge in [0.2, 0.25) is 0 Å². The van der Waals surface area contributed by atoms with Crippen LogP contribution in [0.4, 0.5) is 0 Å². The van der Waals surface area contributed by atoms with E-state index in [1.165, 1.54) is 0 Å². The summed E-state index contributed by atoms with van der Waals surface area (Å²) in [4.78, 5) is 13.9. The molecule has 1 amide bonds. The van der Waals surface area contributed by atoms with Crippen molar-refractivity contribution in [2.24, 2.45) is 0 Å². The fraction of sp³-hybridized carbons (Fsp3) is 0.417. The van der Waals surface area contributed by atoms with Gasteiger partial charge in [-0.15, -0.1) is 0 Å². The largest absolute Gasteiger partial charge is 0.375 e. The van der Waals surface area contributed by atoms with Gasteiger partial charge in [0.1, 0.15) is 0 Å². The Balaban J connectivity index is 2.08. The van der Waals surface area contributed by atoms with E-state index in [4.69, 9.17) is 4.74 Å². The lowest BCUT2D eigenvalue weighted by atomic mass is 10.2. The molecule has 1 saturated heterocycles. The maximum Gasteiger partial charge on any atom is 0.254 e. The van der Waals surface area contributed by atoms with Crippen LogP contribution in [0, 0.1) is 0 Å². The third-order valence-electron chi connectivity index (χ3n) is 2.55. The Morgan fingerprint density at radius 1 is 1.40 bits per heavy atom. The standard InChI is InChI=1S/C12H15NO2/c1-10-9-13(7-8-15-10)12(14)11-5-3-2-4-6-11/h2-6,10H,7-9H2,1H3/t10-/m0/s1. The second kappa shape index (κ2) is 4.45. The van der Waals surface area contributed by atoms with Gasteiger partial charge in [0, 0.05) is 18.7 Å². The van der Waals surface area contributed by atoms with Crippen molar-refractivity contribution in [2.45, 2.75) is 13.0 Å². The maximum atomic E-state index is 12.0. The first kappa shape index (κ1) is 10.2. The molecule has 0 spiro atoms. The number of ether oxygens (including phenoxy) is 1. The summed E-state index contributed by atoms with van der Waals surface area (Å²) in [7, 11) is 0. The van der Waals surface area contributed by atoms with E-state index in [0.717, 1.165) is 5.56 Å². The smallest absolute Gasteiger partial charge is 0.254 e. The van der Waals surface area contributed by atoms with Gasteiger partial charge in [-0.1, -0.05) is 18.2 Å². The molecular formula is C12H15NO2. The molecule has 1 aliphatic rings. The molecule has 0 aromatic heterocycles. The van der Waals surface area contributed by atoms with Crippen molar-refractivity contribution in [3.63, 3.8) is 0 Å². The van der Waals surface area contributed by atoms with Gasteiger partial charge in [0.15, 0.2) is 0 Å². The molecular weight excluding hydrogens is 190 g/mol. The van der Waals surface area contributed by atoms with Crippen LogP contribution in [0.25, 0.3) is 0 Å². The summed E-state index contributed by atoms with van der Waals surface area (Å²) in [6, 6.07) is 9.39. The molecule has 1 atom stereocenters. The third kappa shape index (κ3) is 2.36. The lowest BCUT2D eigenvalue weighted by molar-refractivity contribution is -0.0124. The number of rotatable bonds is 1. The molecule has 0 N–H and O–H groups in total. The fourth-order valence-corrected chi connectivity index (χ4v) is 1.77. The van der Waals surface area contributed by atoms with Crippen LogP contribution in [0.1, 0.15) is 17.3 Å². The minimum Gasteiger partial charge on any atom is -0.375 e. The molecule has 15 heavy (non-hydrogen) atoms. The van der Waals surface area contributed by atoms with Crippen molar-refractivity contribution in [3.05, 3.63) is 35.9 Å². The van der Waals surface area contributed by atoms with Crippen molar-refractivity contribution < 1.29 is 9.53 Å². The number of hydrogen-bond donors (Lipinski definition) is 0. The molecule has 2 rings (SSSR count). The van der Waals surface area contributed by atoms with Crippen LogP contribution in [-0.2, 0) is 4.74 Å². The number of nitrogens with zero attached hydrogens (tertiary/aromatic N) is 1. The van der Waals surface area contributed by atoms with Gasteiger partial charge >= 0.3 is 0 Å². The van der Waals surface area contributed by atoms with E-state index in [1.807, 2.05) is 42.2 Å². The Hall–Kier alpha value is -1.35. The molecule has 1 aromatic rings. The van der Waals surface area contributed by atoms with Gasteiger partial charge < -0.3 is 9.64 Å².